The molecule has 13 heavy (non-hydrogen) atoms. The van der Waals surface area contributed by atoms with Crippen molar-refractivity contribution in [2.24, 2.45) is 10.9 Å². The lowest BCUT2D eigenvalue weighted by Crippen LogP contribution is -2.54. The molecule has 74 valence electrons. The zero-order chi connectivity index (χ0) is 9.26. The van der Waals surface area contributed by atoms with Gasteiger partial charge in [-0.2, -0.15) is 0 Å². The highest BCUT2D eigenvalue weighted by atomic mass is 16.6. The molecule has 0 spiro atoms. The number of rotatable bonds is 1. The van der Waals surface area contributed by atoms with Gasteiger partial charge in [0.05, 0.1) is 13.2 Å². The SMILES string of the molecule is CC1COCCN1C1CON=C1N. The van der Waals surface area contributed by atoms with Crippen molar-refractivity contribution in [3.63, 3.8) is 0 Å². The van der Waals surface area contributed by atoms with Crippen LogP contribution in [0, 0.1) is 0 Å². The number of nitrogens with two attached hydrogens (primary N) is 1. The molecule has 0 aromatic heterocycles. The Balaban J connectivity index is 2.02. The van der Waals surface area contributed by atoms with Crippen LogP contribution in [-0.2, 0) is 9.57 Å². The summed E-state index contributed by atoms with van der Waals surface area (Å²) in [5.41, 5.74) is 5.71. The first-order valence-corrected chi connectivity index (χ1v) is 4.58. The van der Waals surface area contributed by atoms with Crippen LogP contribution in [0.25, 0.3) is 0 Å². The van der Waals surface area contributed by atoms with Crippen LogP contribution in [0.1, 0.15) is 6.92 Å². The third-order valence-electron chi connectivity index (χ3n) is 2.56. The van der Waals surface area contributed by atoms with Crippen molar-refractivity contribution in [1.29, 1.82) is 0 Å². The molecule has 5 nitrogen and oxygen atoms in total. The van der Waals surface area contributed by atoms with Crippen molar-refractivity contribution >= 4 is 5.84 Å². The zero-order valence-corrected chi connectivity index (χ0v) is 7.77. The fraction of sp³-hybridized carbons (Fsp3) is 0.875. The molecule has 2 aliphatic rings. The quantitative estimate of drug-likeness (QED) is 0.591. The highest BCUT2D eigenvalue weighted by molar-refractivity contribution is 5.86. The summed E-state index contributed by atoms with van der Waals surface area (Å²) in [7, 11) is 0. The average Bonchev–Trinajstić information content (AvgIpc) is 2.52. The third kappa shape index (κ3) is 1.62. The zero-order valence-electron chi connectivity index (χ0n) is 7.77. The summed E-state index contributed by atoms with van der Waals surface area (Å²) >= 11 is 0. The van der Waals surface area contributed by atoms with Crippen LogP contribution in [0.4, 0.5) is 0 Å². The molecule has 0 aromatic carbocycles. The van der Waals surface area contributed by atoms with E-state index < -0.39 is 0 Å². The molecule has 2 aliphatic heterocycles. The summed E-state index contributed by atoms with van der Waals surface area (Å²) in [5, 5.41) is 3.74. The molecule has 2 atom stereocenters. The van der Waals surface area contributed by atoms with Gasteiger partial charge < -0.3 is 15.3 Å². The lowest BCUT2D eigenvalue weighted by Gasteiger charge is -2.36. The second-order valence-electron chi connectivity index (χ2n) is 3.49. The summed E-state index contributed by atoms with van der Waals surface area (Å²) in [6.45, 7) is 5.16. The molecule has 0 radical (unpaired) electrons. The first kappa shape index (κ1) is 8.77. The van der Waals surface area contributed by atoms with Gasteiger partial charge in [-0.3, -0.25) is 4.90 Å². The molecule has 1 saturated heterocycles. The van der Waals surface area contributed by atoms with E-state index in [1.165, 1.54) is 0 Å². The van der Waals surface area contributed by atoms with Crippen LogP contribution < -0.4 is 5.73 Å². The lowest BCUT2D eigenvalue weighted by atomic mass is 10.1. The van der Waals surface area contributed by atoms with Gasteiger partial charge in [-0.25, -0.2) is 0 Å². The molecular weight excluding hydrogens is 170 g/mol. The average molecular weight is 185 g/mol. The number of hydrogen-bond donors (Lipinski definition) is 1. The van der Waals surface area contributed by atoms with Crippen LogP contribution in [-0.4, -0.2) is 49.2 Å². The van der Waals surface area contributed by atoms with Gasteiger partial charge in [0, 0.05) is 12.6 Å². The molecule has 0 amide bonds. The van der Waals surface area contributed by atoms with Gasteiger partial charge in [-0.05, 0) is 6.92 Å². The van der Waals surface area contributed by atoms with Gasteiger partial charge in [0.25, 0.3) is 0 Å². The Bertz CT molecular complexity index is 219. The van der Waals surface area contributed by atoms with Gasteiger partial charge in [0.1, 0.15) is 12.6 Å². The maximum Gasteiger partial charge on any atom is 0.160 e. The van der Waals surface area contributed by atoms with E-state index in [-0.39, 0.29) is 6.04 Å². The van der Waals surface area contributed by atoms with Crippen molar-refractivity contribution in [2.45, 2.75) is 19.0 Å². The molecule has 0 aromatic rings. The maximum atomic E-state index is 5.71. The van der Waals surface area contributed by atoms with E-state index in [4.69, 9.17) is 15.3 Å². The minimum absolute atomic E-state index is 0.152. The standard InChI is InChI=1S/C8H15N3O2/c1-6-4-12-3-2-11(6)7-5-13-10-8(7)9/h6-7H,2-5H2,1H3,(H2,9,10). The predicted octanol–water partition coefficient (Wildman–Crippen LogP) is -0.622. The number of hydrogen-bond acceptors (Lipinski definition) is 5. The van der Waals surface area contributed by atoms with E-state index in [0.717, 1.165) is 19.8 Å². The third-order valence-corrected chi connectivity index (χ3v) is 2.56. The van der Waals surface area contributed by atoms with Crippen LogP contribution in [0.15, 0.2) is 5.16 Å². The summed E-state index contributed by atoms with van der Waals surface area (Å²) < 4.78 is 5.34. The van der Waals surface area contributed by atoms with E-state index in [2.05, 4.69) is 17.0 Å². The highest BCUT2D eigenvalue weighted by Gasteiger charge is 2.32. The Kier molecular flexibility index (Phi) is 2.37. The molecule has 0 aliphatic carbocycles. The Morgan fingerprint density at radius 1 is 1.54 bits per heavy atom. The van der Waals surface area contributed by atoms with E-state index in [1.807, 2.05) is 0 Å². The van der Waals surface area contributed by atoms with Crippen molar-refractivity contribution < 1.29 is 9.57 Å². The predicted molar refractivity (Wildman–Crippen MR) is 48.3 cm³/mol. The maximum absolute atomic E-state index is 5.71. The molecule has 2 unspecified atom stereocenters. The molecule has 2 N–H and O–H groups in total. The van der Waals surface area contributed by atoms with Crippen LogP contribution in [0.5, 0.6) is 0 Å². The van der Waals surface area contributed by atoms with Crippen molar-refractivity contribution in [3.8, 4) is 0 Å². The van der Waals surface area contributed by atoms with Gasteiger partial charge in [0.15, 0.2) is 5.84 Å². The second kappa shape index (κ2) is 3.51. The molecule has 2 heterocycles. The molecule has 2 rings (SSSR count). The van der Waals surface area contributed by atoms with Gasteiger partial charge in [-0.15, -0.1) is 0 Å². The summed E-state index contributed by atoms with van der Waals surface area (Å²) in [6, 6.07) is 0.549. The normalized spacial score (nSPS) is 35.6. The fourth-order valence-corrected chi connectivity index (χ4v) is 1.80. The number of amidine groups is 1. The van der Waals surface area contributed by atoms with Crippen LogP contribution in [0.2, 0.25) is 0 Å². The topological polar surface area (TPSA) is 60.1 Å². The van der Waals surface area contributed by atoms with E-state index in [0.29, 0.717) is 18.5 Å². The van der Waals surface area contributed by atoms with E-state index >= 15 is 0 Å². The van der Waals surface area contributed by atoms with Gasteiger partial charge in [0.2, 0.25) is 0 Å². The monoisotopic (exact) mass is 185 g/mol. The van der Waals surface area contributed by atoms with E-state index in [1.54, 1.807) is 0 Å². The smallest absolute Gasteiger partial charge is 0.160 e. The molecular formula is C8H15N3O2. The van der Waals surface area contributed by atoms with Crippen LogP contribution >= 0.6 is 0 Å². The molecule has 5 heteroatoms. The number of ether oxygens (including phenoxy) is 1. The first-order valence-electron chi connectivity index (χ1n) is 4.58. The Morgan fingerprint density at radius 2 is 2.38 bits per heavy atom. The Hall–Kier alpha value is -0.810. The van der Waals surface area contributed by atoms with Crippen molar-refractivity contribution in [1.82, 2.24) is 4.90 Å². The summed E-state index contributed by atoms with van der Waals surface area (Å²) in [6.07, 6.45) is 0. The largest absolute Gasteiger partial charge is 0.392 e. The minimum atomic E-state index is 0.152. The van der Waals surface area contributed by atoms with E-state index in [9.17, 15) is 0 Å². The summed E-state index contributed by atoms with van der Waals surface area (Å²) in [5.74, 6) is 0.591. The molecule has 1 fully saturated rings. The molecule has 0 bridgehead atoms. The second-order valence-corrected chi connectivity index (χ2v) is 3.49. The van der Waals surface area contributed by atoms with Gasteiger partial charge in [-0.1, -0.05) is 5.16 Å². The Morgan fingerprint density at radius 3 is 3.00 bits per heavy atom. The number of nitrogens with zero attached hydrogens (tertiary/aromatic N) is 2. The first-order chi connectivity index (χ1) is 6.29. The van der Waals surface area contributed by atoms with Crippen molar-refractivity contribution in [2.75, 3.05) is 26.4 Å². The lowest BCUT2D eigenvalue weighted by molar-refractivity contribution is -0.0188. The minimum Gasteiger partial charge on any atom is -0.392 e. The highest BCUT2D eigenvalue weighted by Crippen LogP contribution is 2.14. The fourth-order valence-electron chi connectivity index (χ4n) is 1.80. The van der Waals surface area contributed by atoms with Gasteiger partial charge >= 0.3 is 0 Å². The van der Waals surface area contributed by atoms with Crippen molar-refractivity contribution in [3.05, 3.63) is 0 Å². The number of morpholine rings is 1. The molecule has 0 saturated carbocycles. The number of oxime groups is 1. The van der Waals surface area contributed by atoms with Crippen LogP contribution in [0.3, 0.4) is 0 Å². The summed E-state index contributed by atoms with van der Waals surface area (Å²) in [4.78, 5) is 7.24. The Labute approximate surface area is 77.5 Å².